The second-order valence-electron chi connectivity index (χ2n) is 1.98. The highest BCUT2D eigenvalue weighted by Crippen LogP contribution is 2.15. The summed E-state index contributed by atoms with van der Waals surface area (Å²) in [6.07, 6.45) is 0. The smallest absolute Gasteiger partial charge is 0.0785 e. The SMILES string of the molecule is COCC(C)(Cl)CCl. The minimum absolute atomic E-state index is 0.393. The van der Waals surface area contributed by atoms with Gasteiger partial charge in [0.1, 0.15) is 0 Å². The van der Waals surface area contributed by atoms with Crippen LogP contribution < -0.4 is 0 Å². The topological polar surface area (TPSA) is 9.23 Å². The van der Waals surface area contributed by atoms with Crippen LogP contribution in [0.3, 0.4) is 0 Å². The molecule has 0 saturated carbocycles. The van der Waals surface area contributed by atoms with Gasteiger partial charge in [-0.15, -0.1) is 23.2 Å². The lowest BCUT2D eigenvalue weighted by atomic mass is 10.2. The van der Waals surface area contributed by atoms with E-state index in [-0.39, 0.29) is 0 Å². The molecule has 1 atom stereocenters. The average Bonchev–Trinajstić information content (AvgIpc) is 1.67. The predicted octanol–water partition coefficient (Wildman–Crippen LogP) is 1.87. The Hall–Kier alpha value is 0.540. The van der Waals surface area contributed by atoms with Gasteiger partial charge in [-0.1, -0.05) is 0 Å². The Morgan fingerprint density at radius 3 is 2.25 bits per heavy atom. The number of methoxy groups -OCH3 is 1. The summed E-state index contributed by atoms with van der Waals surface area (Å²) in [5.41, 5.74) is 0. The summed E-state index contributed by atoms with van der Waals surface area (Å²) >= 11 is 11.2. The largest absolute Gasteiger partial charge is 0.383 e. The number of hydrogen-bond donors (Lipinski definition) is 0. The summed E-state index contributed by atoms with van der Waals surface area (Å²) in [5.74, 6) is 0.419. The molecular weight excluding hydrogens is 147 g/mol. The van der Waals surface area contributed by atoms with Gasteiger partial charge in [-0.05, 0) is 6.92 Å². The summed E-state index contributed by atoms with van der Waals surface area (Å²) in [6.45, 7) is 2.34. The van der Waals surface area contributed by atoms with Gasteiger partial charge >= 0.3 is 0 Å². The van der Waals surface area contributed by atoms with Crippen LogP contribution in [0.4, 0.5) is 0 Å². The van der Waals surface area contributed by atoms with Crippen LogP contribution in [0.1, 0.15) is 6.92 Å². The second kappa shape index (κ2) is 3.54. The molecule has 0 saturated heterocycles. The molecule has 0 aromatic carbocycles. The fraction of sp³-hybridized carbons (Fsp3) is 1.00. The third kappa shape index (κ3) is 3.53. The van der Waals surface area contributed by atoms with Crippen molar-refractivity contribution in [1.82, 2.24) is 0 Å². The molecule has 50 valence electrons. The predicted molar refractivity (Wildman–Crippen MR) is 36.9 cm³/mol. The molecule has 0 N–H and O–H groups in total. The van der Waals surface area contributed by atoms with Crippen molar-refractivity contribution in [2.75, 3.05) is 19.6 Å². The fourth-order valence-electron chi connectivity index (χ4n) is 0.340. The zero-order valence-electron chi connectivity index (χ0n) is 5.08. The van der Waals surface area contributed by atoms with Gasteiger partial charge in [0.2, 0.25) is 0 Å². The van der Waals surface area contributed by atoms with Crippen LogP contribution in [0.2, 0.25) is 0 Å². The Morgan fingerprint density at radius 2 is 2.12 bits per heavy atom. The van der Waals surface area contributed by atoms with Crippen LogP contribution >= 0.6 is 23.2 Å². The van der Waals surface area contributed by atoms with Crippen molar-refractivity contribution < 1.29 is 4.74 Å². The highest BCUT2D eigenvalue weighted by Gasteiger charge is 2.18. The fourth-order valence-corrected chi connectivity index (χ4v) is 0.526. The van der Waals surface area contributed by atoms with E-state index in [1.165, 1.54) is 0 Å². The summed E-state index contributed by atoms with van der Waals surface area (Å²) in [6, 6.07) is 0. The summed E-state index contributed by atoms with van der Waals surface area (Å²) in [5, 5.41) is 0. The molecule has 0 radical (unpaired) electrons. The quantitative estimate of drug-likeness (QED) is 0.568. The van der Waals surface area contributed by atoms with Crippen molar-refractivity contribution in [2.24, 2.45) is 0 Å². The van der Waals surface area contributed by atoms with Gasteiger partial charge in [0.15, 0.2) is 0 Å². The molecule has 0 spiro atoms. The Bertz CT molecular complexity index is 63.4. The monoisotopic (exact) mass is 156 g/mol. The van der Waals surface area contributed by atoms with Crippen molar-refractivity contribution in [3.05, 3.63) is 0 Å². The number of alkyl halides is 2. The number of hydrogen-bond acceptors (Lipinski definition) is 1. The number of halogens is 2. The average molecular weight is 157 g/mol. The van der Waals surface area contributed by atoms with Crippen LogP contribution in [-0.4, -0.2) is 24.5 Å². The molecule has 8 heavy (non-hydrogen) atoms. The van der Waals surface area contributed by atoms with Crippen molar-refractivity contribution >= 4 is 23.2 Å². The summed E-state index contributed by atoms with van der Waals surface area (Å²) in [4.78, 5) is -0.393. The van der Waals surface area contributed by atoms with Crippen LogP contribution in [-0.2, 0) is 4.74 Å². The molecule has 1 nitrogen and oxygen atoms in total. The van der Waals surface area contributed by atoms with Crippen molar-refractivity contribution in [1.29, 1.82) is 0 Å². The van der Waals surface area contributed by atoms with Gasteiger partial charge in [0.05, 0.1) is 11.5 Å². The molecule has 3 heteroatoms. The molecule has 0 aromatic heterocycles. The maximum atomic E-state index is 5.76. The summed E-state index contributed by atoms with van der Waals surface area (Å²) < 4.78 is 4.78. The molecule has 0 aliphatic rings. The molecule has 0 rings (SSSR count). The van der Waals surface area contributed by atoms with Crippen LogP contribution in [0, 0.1) is 0 Å². The van der Waals surface area contributed by atoms with Gasteiger partial charge in [0.25, 0.3) is 0 Å². The van der Waals surface area contributed by atoms with E-state index >= 15 is 0 Å². The Morgan fingerprint density at radius 1 is 1.62 bits per heavy atom. The zero-order valence-corrected chi connectivity index (χ0v) is 6.59. The number of ether oxygens (including phenoxy) is 1. The first-order chi connectivity index (χ1) is 3.62. The van der Waals surface area contributed by atoms with E-state index in [0.29, 0.717) is 12.5 Å². The van der Waals surface area contributed by atoms with E-state index in [9.17, 15) is 0 Å². The van der Waals surface area contributed by atoms with Crippen molar-refractivity contribution in [2.45, 2.75) is 11.8 Å². The van der Waals surface area contributed by atoms with E-state index in [1.807, 2.05) is 6.92 Å². The Labute approximate surface area is 59.9 Å². The highest BCUT2D eigenvalue weighted by atomic mass is 35.5. The molecule has 0 heterocycles. The van der Waals surface area contributed by atoms with E-state index in [2.05, 4.69) is 0 Å². The number of rotatable bonds is 3. The molecule has 0 aliphatic carbocycles. The zero-order chi connectivity index (χ0) is 6.62. The maximum absolute atomic E-state index is 5.76. The van der Waals surface area contributed by atoms with Crippen molar-refractivity contribution in [3.8, 4) is 0 Å². The lowest BCUT2D eigenvalue weighted by molar-refractivity contribution is 0.177. The van der Waals surface area contributed by atoms with Crippen molar-refractivity contribution in [3.63, 3.8) is 0 Å². The molecule has 1 unspecified atom stereocenters. The Balaban J connectivity index is 3.37. The molecule has 0 amide bonds. The summed E-state index contributed by atoms with van der Waals surface area (Å²) in [7, 11) is 1.60. The van der Waals surface area contributed by atoms with Gasteiger partial charge in [-0.25, -0.2) is 0 Å². The highest BCUT2D eigenvalue weighted by molar-refractivity contribution is 6.30. The standard InChI is InChI=1S/C5H10Cl2O/c1-5(7,3-6)4-8-2/h3-4H2,1-2H3. The third-order valence-electron chi connectivity index (χ3n) is 0.724. The van der Waals surface area contributed by atoms with Gasteiger partial charge in [0, 0.05) is 13.0 Å². The second-order valence-corrected chi connectivity index (χ2v) is 3.16. The normalized spacial score (nSPS) is 18.0. The van der Waals surface area contributed by atoms with E-state index in [4.69, 9.17) is 27.9 Å². The van der Waals surface area contributed by atoms with Gasteiger partial charge in [-0.3, -0.25) is 0 Å². The maximum Gasteiger partial charge on any atom is 0.0785 e. The lowest BCUT2D eigenvalue weighted by Gasteiger charge is -2.15. The molecular formula is C5H10Cl2O. The first-order valence-electron chi connectivity index (χ1n) is 2.36. The van der Waals surface area contributed by atoms with E-state index < -0.39 is 4.87 Å². The lowest BCUT2D eigenvalue weighted by Crippen LogP contribution is -2.24. The minimum Gasteiger partial charge on any atom is -0.383 e. The first kappa shape index (κ1) is 8.54. The third-order valence-corrected chi connectivity index (χ3v) is 1.69. The van der Waals surface area contributed by atoms with Gasteiger partial charge < -0.3 is 4.74 Å². The Kier molecular flexibility index (Phi) is 3.78. The van der Waals surface area contributed by atoms with Gasteiger partial charge in [-0.2, -0.15) is 0 Å². The van der Waals surface area contributed by atoms with Crippen LogP contribution in [0.5, 0.6) is 0 Å². The van der Waals surface area contributed by atoms with Crippen LogP contribution in [0.15, 0.2) is 0 Å². The van der Waals surface area contributed by atoms with E-state index in [0.717, 1.165) is 0 Å². The minimum atomic E-state index is -0.393. The molecule has 0 fully saturated rings. The molecule has 0 aliphatic heterocycles. The van der Waals surface area contributed by atoms with E-state index in [1.54, 1.807) is 7.11 Å². The molecule has 0 bridgehead atoms. The molecule has 0 aromatic rings. The first-order valence-corrected chi connectivity index (χ1v) is 3.27. The van der Waals surface area contributed by atoms with Crippen LogP contribution in [0.25, 0.3) is 0 Å².